The Morgan fingerprint density at radius 2 is 2.05 bits per heavy atom. The standard InChI is InChI=1S/C12H16F3N3O2S/c1-8(4-9-2-3-21-6-9)18-11(20)16-5-10(19)17-7-12(13,14)15/h2-3,6,8H,4-5,7H2,1H3,(H,17,19)(H2,16,18,20)/t8-/m0/s1. The zero-order valence-electron chi connectivity index (χ0n) is 11.3. The van der Waals surface area contributed by atoms with Crippen LogP contribution in [0.5, 0.6) is 0 Å². The molecule has 0 spiro atoms. The molecular formula is C12H16F3N3O2S. The van der Waals surface area contributed by atoms with Gasteiger partial charge in [-0.2, -0.15) is 24.5 Å². The summed E-state index contributed by atoms with van der Waals surface area (Å²) in [6, 6.07) is 1.18. The number of hydrogen-bond donors (Lipinski definition) is 3. The van der Waals surface area contributed by atoms with Crippen molar-refractivity contribution in [1.29, 1.82) is 0 Å². The molecule has 0 aliphatic heterocycles. The Balaban J connectivity index is 2.20. The first-order chi connectivity index (χ1) is 9.76. The van der Waals surface area contributed by atoms with E-state index in [1.165, 1.54) is 0 Å². The molecule has 9 heteroatoms. The maximum Gasteiger partial charge on any atom is 0.405 e. The van der Waals surface area contributed by atoms with E-state index in [9.17, 15) is 22.8 Å². The molecule has 0 saturated carbocycles. The topological polar surface area (TPSA) is 70.2 Å². The van der Waals surface area contributed by atoms with Crippen LogP contribution in [0.3, 0.4) is 0 Å². The van der Waals surface area contributed by atoms with Crippen LogP contribution in [0.15, 0.2) is 16.8 Å². The van der Waals surface area contributed by atoms with E-state index >= 15 is 0 Å². The van der Waals surface area contributed by atoms with Gasteiger partial charge >= 0.3 is 12.2 Å². The molecule has 1 heterocycles. The highest BCUT2D eigenvalue weighted by molar-refractivity contribution is 7.07. The molecule has 0 unspecified atom stereocenters. The number of carbonyl (C=O) groups is 2. The van der Waals surface area contributed by atoms with Crippen LogP contribution in [-0.4, -0.2) is 37.2 Å². The molecule has 1 aromatic rings. The summed E-state index contributed by atoms with van der Waals surface area (Å²) in [7, 11) is 0. The van der Waals surface area contributed by atoms with Gasteiger partial charge in [-0.05, 0) is 35.7 Å². The van der Waals surface area contributed by atoms with E-state index in [-0.39, 0.29) is 6.04 Å². The maximum absolute atomic E-state index is 11.9. The molecule has 1 atom stereocenters. The summed E-state index contributed by atoms with van der Waals surface area (Å²) >= 11 is 1.55. The third kappa shape index (κ3) is 8.18. The predicted octanol–water partition coefficient (Wildman–Crippen LogP) is 1.66. The van der Waals surface area contributed by atoms with Crippen LogP contribution in [0.4, 0.5) is 18.0 Å². The number of halogens is 3. The average molecular weight is 323 g/mol. The number of rotatable bonds is 6. The molecular weight excluding hydrogens is 307 g/mol. The van der Waals surface area contributed by atoms with Gasteiger partial charge in [-0.15, -0.1) is 0 Å². The first-order valence-electron chi connectivity index (χ1n) is 6.15. The number of alkyl halides is 3. The first kappa shape index (κ1) is 17.3. The van der Waals surface area contributed by atoms with E-state index in [0.717, 1.165) is 5.56 Å². The molecule has 0 aliphatic carbocycles. The van der Waals surface area contributed by atoms with Gasteiger partial charge in [0.15, 0.2) is 0 Å². The smallest absolute Gasteiger partial charge is 0.345 e. The summed E-state index contributed by atoms with van der Waals surface area (Å²) < 4.78 is 35.6. The van der Waals surface area contributed by atoms with E-state index < -0.39 is 31.2 Å². The fourth-order valence-electron chi connectivity index (χ4n) is 1.51. The Morgan fingerprint density at radius 1 is 1.33 bits per heavy atom. The van der Waals surface area contributed by atoms with E-state index in [4.69, 9.17) is 0 Å². The van der Waals surface area contributed by atoms with E-state index in [2.05, 4.69) is 10.6 Å². The zero-order chi connectivity index (χ0) is 15.9. The number of hydrogen-bond acceptors (Lipinski definition) is 3. The largest absolute Gasteiger partial charge is 0.405 e. The van der Waals surface area contributed by atoms with Crippen LogP contribution < -0.4 is 16.0 Å². The lowest BCUT2D eigenvalue weighted by Gasteiger charge is -2.14. The molecule has 0 aromatic carbocycles. The number of urea groups is 1. The number of amides is 3. The Labute approximate surface area is 123 Å². The Hall–Kier alpha value is -1.77. The van der Waals surface area contributed by atoms with Gasteiger partial charge in [0.1, 0.15) is 6.54 Å². The normalized spacial score (nSPS) is 12.6. The first-order valence-corrected chi connectivity index (χ1v) is 7.09. The SMILES string of the molecule is C[C@@H](Cc1ccsc1)NC(=O)NCC(=O)NCC(F)(F)F. The quantitative estimate of drug-likeness (QED) is 0.745. The van der Waals surface area contributed by atoms with Crippen molar-refractivity contribution < 1.29 is 22.8 Å². The van der Waals surface area contributed by atoms with E-state index in [1.54, 1.807) is 23.6 Å². The highest BCUT2D eigenvalue weighted by Gasteiger charge is 2.27. The molecule has 1 rings (SSSR count). The van der Waals surface area contributed by atoms with Gasteiger partial charge < -0.3 is 16.0 Å². The van der Waals surface area contributed by atoms with Gasteiger partial charge in [0, 0.05) is 6.04 Å². The fraction of sp³-hybridized carbons (Fsp3) is 0.500. The van der Waals surface area contributed by atoms with Crippen molar-refractivity contribution in [1.82, 2.24) is 16.0 Å². The average Bonchev–Trinajstić information content (AvgIpc) is 2.85. The second kappa shape index (κ2) is 7.87. The van der Waals surface area contributed by atoms with Gasteiger partial charge in [0.25, 0.3) is 0 Å². The van der Waals surface area contributed by atoms with Crippen LogP contribution in [0.1, 0.15) is 12.5 Å². The summed E-state index contributed by atoms with van der Waals surface area (Å²) in [5.74, 6) is -0.895. The highest BCUT2D eigenvalue weighted by atomic mass is 32.1. The lowest BCUT2D eigenvalue weighted by Crippen LogP contribution is -2.46. The van der Waals surface area contributed by atoms with Crippen molar-refractivity contribution in [2.24, 2.45) is 0 Å². The molecule has 0 aliphatic rings. The third-order valence-corrected chi connectivity index (χ3v) is 3.13. The second-order valence-electron chi connectivity index (χ2n) is 4.46. The summed E-state index contributed by atoms with van der Waals surface area (Å²) in [6.45, 7) is -0.127. The van der Waals surface area contributed by atoms with E-state index in [0.29, 0.717) is 6.42 Å². The molecule has 0 radical (unpaired) electrons. The minimum atomic E-state index is -4.47. The highest BCUT2D eigenvalue weighted by Crippen LogP contribution is 2.11. The van der Waals surface area contributed by atoms with Crippen molar-refractivity contribution in [3.63, 3.8) is 0 Å². The van der Waals surface area contributed by atoms with Crippen LogP contribution in [0.25, 0.3) is 0 Å². The number of carbonyl (C=O) groups excluding carboxylic acids is 2. The molecule has 1 aromatic heterocycles. The van der Waals surface area contributed by atoms with Crippen LogP contribution in [-0.2, 0) is 11.2 Å². The van der Waals surface area contributed by atoms with Crippen molar-refractivity contribution in [2.45, 2.75) is 25.6 Å². The van der Waals surface area contributed by atoms with Gasteiger partial charge in [0.2, 0.25) is 5.91 Å². The molecule has 3 N–H and O–H groups in total. The van der Waals surface area contributed by atoms with Gasteiger partial charge in [-0.1, -0.05) is 0 Å². The Morgan fingerprint density at radius 3 is 2.62 bits per heavy atom. The monoisotopic (exact) mass is 323 g/mol. The molecule has 3 amide bonds. The summed E-state index contributed by atoms with van der Waals surface area (Å²) in [6.07, 6.45) is -3.83. The number of nitrogens with one attached hydrogen (secondary N) is 3. The van der Waals surface area contributed by atoms with Gasteiger partial charge in [0.05, 0.1) is 6.54 Å². The summed E-state index contributed by atoms with van der Waals surface area (Å²) in [5.41, 5.74) is 1.08. The molecule has 0 saturated heterocycles. The predicted molar refractivity (Wildman–Crippen MR) is 73.1 cm³/mol. The second-order valence-corrected chi connectivity index (χ2v) is 5.24. The van der Waals surface area contributed by atoms with Crippen molar-refractivity contribution in [3.05, 3.63) is 22.4 Å². The maximum atomic E-state index is 11.9. The lowest BCUT2D eigenvalue weighted by atomic mass is 10.1. The minimum absolute atomic E-state index is 0.155. The molecule has 118 valence electrons. The fourth-order valence-corrected chi connectivity index (χ4v) is 2.19. The zero-order valence-corrected chi connectivity index (χ0v) is 12.1. The Bertz CT molecular complexity index is 463. The minimum Gasteiger partial charge on any atom is -0.345 e. The Kier molecular flexibility index (Phi) is 6.47. The van der Waals surface area contributed by atoms with Crippen molar-refractivity contribution in [3.8, 4) is 0 Å². The summed E-state index contributed by atoms with van der Waals surface area (Å²) in [5, 5.41) is 10.3. The summed E-state index contributed by atoms with van der Waals surface area (Å²) in [4.78, 5) is 22.5. The van der Waals surface area contributed by atoms with Gasteiger partial charge in [-0.25, -0.2) is 4.79 Å². The molecule has 0 fully saturated rings. The van der Waals surface area contributed by atoms with Crippen molar-refractivity contribution in [2.75, 3.05) is 13.1 Å². The molecule has 0 bridgehead atoms. The van der Waals surface area contributed by atoms with Crippen molar-refractivity contribution >= 4 is 23.3 Å². The molecule has 21 heavy (non-hydrogen) atoms. The molecule has 5 nitrogen and oxygen atoms in total. The van der Waals surface area contributed by atoms with Crippen LogP contribution in [0, 0.1) is 0 Å². The van der Waals surface area contributed by atoms with E-state index in [1.807, 2.05) is 16.8 Å². The number of thiophene rings is 1. The van der Waals surface area contributed by atoms with Gasteiger partial charge in [-0.3, -0.25) is 4.79 Å². The van der Waals surface area contributed by atoms with Crippen LogP contribution >= 0.6 is 11.3 Å². The van der Waals surface area contributed by atoms with Crippen LogP contribution in [0.2, 0.25) is 0 Å². The third-order valence-electron chi connectivity index (χ3n) is 2.39. The lowest BCUT2D eigenvalue weighted by molar-refractivity contribution is -0.137.